The van der Waals surface area contributed by atoms with Gasteiger partial charge in [0, 0.05) is 36.3 Å². The summed E-state index contributed by atoms with van der Waals surface area (Å²) < 4.78 is 50.3. The number of carboxylic acids is 1. The fourth-order valence-corrected chi connectivity index (χ4v) is 6.63. The van der Waals surface area contributed by atoms with Crippen LogP contribution in [0.1, 0.15) is 30.9 Å². The summed E-state index contributed by atoms with van der Waals surface area (Å²) in [6, 6.07) is 10.2. The zero-order chi connectivity index (χ0) is 29.6. The van der Waals surface area contributed by atoms with E-state index < -0.39 is 24.3 Å². The Balaban J connectivity index is 1.28. The van der Waals surface area contributed by atoms with E-state index in [4.69, 9.17) is 22.1 Å². The summed E-state index contributed by atoms with van der Waals surface area (Å²) in [7, 11) is 0. The van der Waals surface area contributed by atoms with Crippen LogP contribution in [0.15, 0.2) is 48.0 Å². The highest BCUT2D eigenvalue weighted by molar-refractivity contribution is 7.16. The number of piperidine rings is 1. The smallest absolute Gasteiger partial charge is 0.429 e. The molecule has 0 bridgehead atoms. The highest BCUT2D eigenvalue weighted by atomic mass is 35.5. The number of nitrogens with one attached hydrogen (secondary N) is 1. The number of hydrogen-bond donors (Lipinski definition) is 3. The number of ether oxygens (including phenoxy) is 1. The third kappa shape index (κ3) is 5.68. The predicted molar refractivity (Wildman–Crippen MR) is 154 cm³/mol. The van der Waals surface area contributed by atoms with Gasteiger partial charge in [0.25, 0.3) is 0 Å². The van der Waals surface area contributed by atoms with E-state index in [-0.39, 0.29) is 33.4 Å². The zero-order valence-electron chi connectivity index (χ0n) is 22.1. The van der Waals surface area contributed by atoms with Gasteiger partial charge in [-0.2, -0.15) is 23.1 Å². The van der Waals surface area contributed by atoms with E-state index >= 15 is 0 Å². The molecule has 0 saturated carbocycles. The Kier molecular flexibility index (Phi) is 7.36. The molecule has 2 aromatic carbocycles. The summed E-state index contributed by atoms with van der Waals surface area (Å²) in [5.74, 6) is -1.06. The van der Waals surface area contributed by atoms with Crippen LogP contribution >= 0.6 is 22.9 Å². The number of aliphatic carboxylic acids is 1. The maximum atomic E-state index is 14.6. The molecule has 0 amide bonds. The van der Waals surface area contributed by atoms with Crippen molar-refractivity contribution in [1.82, 2.24) is 20.3 Å². The van der Waals surface area contributed by atoms with Crippen LogP contribution in [0, 0.1) is 5.41 Å². The number of rotatable bonds is 6. The summed E-state index contributed by atoms with van der Waals surface area (Å²) in [5, 5.41) is 12.7. The van der Waals surface area contributed by atoms with Gasteiger partial charge in [-0.15, -0.1) is 11.3 Å². The lowest BCUT2D eigenvalue weighted by Crippen LogP contribution is -2.41. The Morgan fingerprint density at radius 2 is 1.98 bits per heavy atom. The minimum atomic E-state index is -4.80. The highest BCUT2D eigenvalue weighted by Gasteiger charge is 2.46. The Hall–Kier alpha value is -3.68. The largest absolute Gasteiger partial charge is 0.480 e. The fraction of sp³-hybridized carbons (Fsp3) is 0.357. The number of benzene rings is 2. The number of anilines is 2. The molecule has 1 unspecified atom stereocenters. The van der Waals surface area contributed by atoms with E-state index in [2.05, 4.69) is 20.3 Å². The molecule has 4 aromatic rings. The highest BCUT2D eigenvalue weighted by Crippen LogP contribution is 2.44. The maximum absolute atomic E-state index is 14.6. The standard InChI is InChI=1S/C28H26ClF3N6O3S/c29-16-2-3-17(18(10-16)15-1-4-21-19(9-15)35-14-42-21)24(28(30,31)32)41-23-11-22(36-26(33)37-23)38-7-5-27(6-8-38)12-20(25(39)40)34-13-27/h1-4,9-11,14,20,24,34H,5-8,12-13H2,(H,39,40)(H2,33,36,37)/t20?,24-/m1/s1. The van der Waals surface area contributed by atoms with Crippen LogP contribution < -0.4 is 20.7 Å². The quantitative estimate of drug-likeness (QED) is 0.249. The molecule has 14 heteroatoms. The molecule has 2 fully saturated rings. The third-order valence-corrected chi connectivity index (χ3v) is 9.03. The topological polar surface area (TPSA) is 126 Å². The average molecular weight is 619 g/mol. The lowest BCUT2D eigenvalue weighted by Gasteiger charge is -2.39. The summed E-state index contributed by atoms with van der Waals surface area (Å²) in [6.45, 7) is 1.67. The number of aromatic nitrogens is 3. The van der Waals surface area contributed by atoms with Crippen molar-refractivity contribution in [1.29, 1.82) is 0 Å². The molecule has 6 rings (SSSR count). The van der Waals surface area contributed by atoms with Crippen LogP contribution in [0.25, 0.3) is 21.3 Å². The van der Waals surface area contributed by atoms with Crippen LogP contribution in [-0.2, 0) is 4.79 Å². The second-order valence-electron chi connectivity index (χ2n) is 10.7. The summed E-state index contributed by atoms with van der Waals surface area (Å²) in [4.78, 5) is 25.8. The van der Waals surface area contributed by atoms with E-state index in [1.165, 1.54) is 35.6 Å². The number of nitrogen functional groups attached to an aromatic ring is 1. The SMILES string of the molecule is Nc1nc(O[C@H](c2ccc(Cl)cc2-c2ccc3scnc3c2)C(F)(F)F)cc(N2CCC3(CC2)CNC(C(=O)O)C3)n1. The number of thiazole rings is 1. The van der Waals surface area contributed by atoms with Crippen LogP contribution in [0.3, 0.4) is 0 Å². The van der Waals surface area contributed by atoms with Crippen molar-refractivity contribution in [2.24, 2.45) is 5.41 Å². The molecule has 4 heterocycles. The maximum Gasteiger partial charge on any atom is 0.429 e. The number of nitrogens with zero attached hydrogens (tertiary/aromatic N) is 4. The van der Waals surface area contributed by atoms with Gasteiger partial charge in [-0.25, -0.2) is 4.98 Å². The minimum Gasteiger partial charge on any atom is -0.480 e. The summed E-state index contributed by atoms with van der Waals surface area (Å²) in [6.07, 6.45) is -5.25. The van der Waals surface area contributed by atoms with Crippen molar-refractivity contribution in [3.05, 3.63) is 58.6 Å². The summed E-state index contributed by atoms with van der Waals surface area (Å²) in [5.41, 5.74) is 8.75. The average Bonchev–Trinajstić information content (AvgIpc) is 3.58. The molecule has 0 aliphatic carbocycles. The van der Waals surface area contributed by atoms with E-state index in [0.717, 1.165) is 4.70 Å². The fourth-order valence-electron chi connectivity index (χ4n) is 5.80. The first-order chi connectivity index (χ1) is 20.0. The number of nitrogens with two attached hydrogens (primary N) is 1. The predicted octanol–water partition coefficient (Wildman–Crippen LogP) is 5.70. The van der Waals surface area contributed by atoms with Gasteiger partial charge in [-0.1, -0.05) is 23.7 Å². The number of carbonyl (C=O) groups is 1. The van der Waals surface area contributed by atoms with Crippen LogP contribution in [0.4, 0.5) is 24.9 Å². The van der Waals surface area contributed by atoms with E-state index in [1.807, 2.05) is 4.90 Å². The molecule has 2 atom stereocenters. The third-order valence-electron chi connectivity index (χ3n) is 7.99. The lowest BCUT2D eigenvalue weighted by atomic mass is 9.76. The zero-order valence-corrected chi connectivity index (χ0v) is 23.6. The molecule has 2 aromatic heterocycles. The molecular weight excluding hydrogens is 593 g/mol. The van der Waals surface area contributed by atoms with Crippen molar-refractivity contribution in [2.75, 3.05) is 30.3 Å². The van der Waals surface area contributed by atoms with Gasteiger partial charge >= 0.3 is 12.1 Å². The van der Waals surface area contributed by atoms with Crippen molar-refractivity contribution >= 4 is 50.9 Å². The molecule has 4 N–H and O–H groups in total. The van der Waals surface area contributed by atoms with E-state index in [1.54, 1.807) is 23.7 Å². The van der Waals surface area contributed by atoms with Gasteiger partial charge in [0.05, 0.1) is 15.7 Å². The van der Waals surface area contributed by atoms with Crippen LogP contribution in [0.2, 0.25) is 5.02 Å². The number of fused-ring (bicyclic) bond motifs is 1. The molecule has 0 radical (unpaired) electrons. The number of alkyl halides is 3. The first-order valence-electron chi connectivity index (χ1n) is 13.2. The van der Waals surface area contributed by atoms with Crippen molar-refractivity contribution in [3.8, 4) is 17.0 Å². The molecule has 42 heavy (non-hydrogen) atoms. The molecule has 2 saturated heterocycles. The first kappa shape index (κ1) is 28.4. The normalized spacial score (nSPS) is 19.3. The van der Waals surface area contributed by atoms with Gasteiger partial charge in [-0.05, 0) is 60.1 Å². The number of carboxylic acid groups (broad SMARTS) is 1. The number of hydrogen-bond acceptors (Lipinski definition) is 9. The van der Waals surface area contributed by atoms with Gasteiger partial charge in [0.15, 0.2) is 0 Å². The molecule has 1 spiro atoms. The monoisotopic (exact) mass is 618 g/mol. The summed E-state index contributed by atoms with van der Waals surface area (Å²) >= 11 is 7.66. The molecule has 9 nitrogen and oxygen atoms in total. The minimum absolute atomic E-state index is 0.137. The molecule has 2 aliphatic heterocycles. The van der Waals surface area contributed by atoms with Crippen molar-refractivity contribution < 1.29 is 27.8 Å². The molecular formula is C28H26ClF3N6O3S. The van der Waals surface area contributed by atoms with Gasteiger partial charge in [-0.3, -0.25) is 4.79 Å². The molecule has 2 aliphatic rings. The second-order valence-corrected chi connectivity index (χ2v) is 12.0. The van der Waals surface area contributed by atoms with Crippen LogP contribution in [0.5, 0.6) is 5.88 Å². The lowest BCUT2D eigenvalue weighted by molar-refractivity contribution is -0.198. The van der Waals surface area contributed by atoms with E-state index in [9.17, 15) is 23.1 Å². The Morgan fingerprint density at radius 1 is 1.19 bits per heavy atom. The Morgan fingerprint density at radius 3 is 2.69 bits per heavy atom. The van der Waals surface area contributed by atoms with Gasteiger partial charge in [0.2, 0.25) is 17.9 Å². The van der Waals surface area contributed by atoms with Crippen molar-refractivity contribution in [3.63, 3.8) is 0 Å². The van der Waals surface area contributed by atoms with Crippen molar-refractivity contribution in [2.45, 2.75) is 37.6 Å². The number of halogens is 4. The second kappa shape index (κ2) is 10.9. The first-order valence-corrected chi connectivity index (χ1v) is 14.5. The Labute approximate surface area is 247 Å². The molecule has 220 valence electrons. The Bertz CT molecular complexity index is 1640. The van der Waals surface area contributed by atoms with E-state index in [0.29, 0.717) is 55.8 Å². The van der Waals surface area contributed by atoms with Crippen LogP contribution in [-0.4, -0.2) is 57.9 Å². The van der Waals surface area contributed by atoms with Gasteiger partial charge < -0.3 is 25.8 Å². The van der Waals surface area contributed by atoms with Gasteiger partial charge in [0.1, 0.15) is 11.9 Å².